The summed E-state index contributed by atoms with van der Waals surface area (Å²) >= 11 is 5.86. The second-order valence-corrected chi connectivity index (χ2v) is 5.15. The molecule has 4 nitrogen and oxygen atoms in total. The number of carbonyl (C=O) groups is 1. The number of halogens is 2. The van der Waals surface area contributed by atoms with E-state index in [0.717, 1.165) is 5.56 Å². The first-order valence-corrected chi connectivity index (χ1v) is 7.59. The molecule has 0 aliphatic heterocycles. The van der Waals surface area contributed by atoms with E-state index in [-0.39, 0.29) is 24.8 Å². The number of esters is 1. The summed E-state index contributed by atoms with van der Waals surface area (Å²) in [4.78, 5) is 12.2. The number of rotatable bonds is 7. The highest BCUT2D eigenvalue weighted by Gasteiger charge is 2.14. The zero-order valence-electron chi connectivity index (χ0n) is 13.2. The van der Waals surface area contributed by atoms with Crippen molar-refractivity contribution in [3.05, 3.63) is 70.9 Å². The van der Waals surface area contributed by atoms with Gasteiger partial charge < -0.3 is 14.8 Å². The molecule has 1 N–H and O–H groups in total. The van der Waals surface area contributed by atoms with Crippen molar-refractivity contribution in [3.63, 3.8) is 0 Å². The topological polar surface area (TPSA) is 47.6 Å². The number of carbonyl (C=O) groups excluding carboxylic acids is 1. The molecule has 0 saturated heterocycles. The fourth-order valence-corrected chi connectivity index (χ4v) is 1.90. The van der Waals surface area contributed by atoms with E-state index in [0.29, 0.717) is 17.3 Å². The van der Waals surface area contributed by atoms with Gasteiger partial charge in [-0.1, -0.05) is 41.9 Å². The van der Waals surface area contributed by atoms with Crippen LogP contribution in [-0.2, 0) is 9.53 Å². The van der Waals surface area contributed by atoms with Gasteiger partial charge in [0, 0.05) is 11.6 Å². The van der Waals surface area contributed by atoms with Crippen molar-refractivity contribution in [2.45, 2.75) is 0 Å². The third-order valence-corrected chi connectivity index (χ3v) is 3.18. The Kier molecular flexibility index (Phi) is 8.94. The van der Waals surface area contributed by atoms with Gasteiger partial charge in [-0.2, -0.15) is 0 Å². The van der Waals surface area contributed by atoms with Gasteiger partial charge in [0.2, 0.25) is 5.76 Å². The Labute approximate surface area is 152 Å². The van der Waals surface area contributed by atoms with Crippen LogP contribution in [0.3, 0.4) is 0 Å². The van der Waals surface area contributed by atoms with Gasteiger partial charge >= 0.3 is 5.97 Å². The lowest BCUT2D eigenvalue weighted by atomic mass is 10.2. The number of likely N-dealkylation sites (N-methyl/N-ethyl adjacent to an activating group) is 1. The zero-order valence-corrected chi connectivity index (χ0v) is 14.8. The van der Waals surface area contributed by atoms with Gasteiger partial charge in [-0.15, -0.1) is 12.4 Å². The molecule has 0 radical (unpaired) electrons. The Balaban J connectivity index is 0.00000288. The Morgan fingerprint density at radius 2 is 1.79 bits per heavy atom. The van der Waals surface area contributed by atoms with Crippen molar-refractivity contribution in [1.29, 1.82) is 0 Å². The number of nitrogens with one attached hydrogen (secondary N) is 1. The highest BCUT2D eigenvalue weighted by atomic mass is 35.5. The molecule has 0 unspecified atom stereocenters. The summed E-state index contributed by atoms with van der Waals surface area (Å²) in [5.41, 5.74) is 0.849. The average molecular weight is 368 g/mol. The van der Waals surface area contributed by atoms with Gasteiger partial charge in [-0.3, -0.25) is 0 Å². The number of hydrogen-bond acceptors (Lipinski definition) is 4. The SMILES string of the molecule is CNCCOC(=O)/C(=C\c1ccccc1)Oc1ccc(Cl)cc1.Cl. The summed E-state index contributed by atoms with van der Waals surface area (Å²) in [7, 11) is 1.79. The van der Waals surface area contributed by atoms with E-state index in [4.69, 9.17) is 21.1 Å². The molecule has 0 amide bonds. The predicted molar refractivity (Wildman–Crippen MR) is 98.6 cm³/mol. The molecule has 2 rings (SSSR count). The van der Waals surface area contributed by atoms with Crippen LogP contribution in [0.2, 0.25) is 5.02 Å². The van der Waals surface area contributed by atoms with Gasteiger partial charge in [0.25, 0.3) is 0 Å². The van der Waals surface area contributed by atoms with Crippen LogP contribution in [-0.4, -0.2) is 26.2 Å². The lowest BCUT2D eigenvalue weighted by Gasteiger charge is -2.10. The molecule has 0 fully saturated rings. The molecule has 0 aliphatic rings. The maximum atomic E-state index is 12.2. The van der Waals surface area contributed by atoms with Crippen LogP contribution in [0.4, 0.5) is 0 Å². The van der Waals surface area contributed by atoms with Crippen LogP contribution in [0.5, 0.6) is 5.75 Å². The van der Waals surface area contributed by atoms with Crippen LogP contribution < -0.4 is 10.1 Å². The molecule has 6 heteroatoms. The largest absolute Gasteiger partial charge is 0.458 e. The summed E-state index contributed by atoms with van der Waals surface area (Å²) in [6.45, 7) is 0.844. The predicted octanol–water partition coefficient (Wildman–Crippen LogP) is 3.94. The third-order valence-electron chi connectivity index (χ3n) is 2.93. The van der Waals surface area contributed by atoms with Crippen LogP contribution >= 0.6 is 24.0 Å². The first kappa shape index (κ1) is 20.0. The molecule has 0 atom stereocenters. The van der Waals surface area contributed by atoms with E-state index in [1.54, 1.807) is 37.4 Å². The summed E-state index contributed by atoms with van der Waals surface area (Å²) in [5.74, 6) is 0.121. The minimum absolute atomic E-state index is 0. The summed E-state index contributed by atoms with van der Waals surface area (Å²) in [5, 5.41) is 3.52. The second-order valence-electron chi connectivity index (χ2n) is 4.71. The quantitative estimate of drug-likeness (QED) is 0.348. The normalized spacial score (nSPS) is 10.7. The van der Waals surface area contributed by atoms with E-state index in [1.165, 1.54) is 0 Å². The van der Waals surface area contributed by atoms with Crippen molar-refractivity contribution in [2.75, 3.05) is 20.2 Å². The third kappa shape index (κ3) is 6.62. The molecule has 128 valence electrons. The Morgan fingerprint density at radius 3 is 2.42 bits per heavy atom. The van der Waals surface area contributed by atoms with E-state index < -0.39 is 5.97 Å². The van der Waals surface area contributed by atoms with Crippen molar-refractivity contribution in [3.8, 4) is 5.75 Å². The van der Waals surface area contributed by atoms with Crippen molar-refractivity contribution >= 4 is 36.1 Å². The molecule has 0 heterocycles. The maximum absolute atomic E-state index is 12.2. The molecule has 0 saturated carbocycles. The first-order chi connectivity index (χ1) is 11.2. The standard InChI is InChI=1S/C18H18ClNO3.ClH/c1-20-11-12-22-18(21)17(13-14-5-3-2-4-6-14)23-16-9-7-15(19)8-10-16;/h2-10,13,20H,11-12H2,1H3;1H/b17-13+;. The molecule has 2 aromatic rings. The van der Waals surface area contributed by atoms with Gasteiger partial charge in [-0.05, 0) is 43.0 Å². The lowest BCUT2D eigenvalue weighted by molar-refractivity contribution is -0.141. The van der Waals surface area contributed by atoms with Crippen LogP contribution in [0.15, 0.2) is 60.4 Å². The van der Waals surface area contributed by atoms with E-state index in [2.05, 4.69) is 5.32 Å². The maximum Gasteiger partial charge on any atom is 0.374 e. The van der Waals surface area contributed by atoms with Gasteiger partial charge in [-0.25, -0.2) is 4.79 Å². The first-order valence-electron chi connectivity index (χ1n) is 7.21. The number of ether oxygens (including phenoxy) is 2. The van der Waals surface area contributed by atoms with E-state index >= 15 is 0 Å². The Bertz CT molecular complexity index is 658. The van der Waals surface area contributed by atoms with Crippen molar-refractivity contribution in [1.82, 2.24) is 5.32 Å². The molecule has 0 bridgehead atoms. The van der Waals surface area contributed by atoms with E-state index in [9.17, 15) is 4.79 Å². The van der Waals surface area contributed by atoms with Crippen molar-refractivity contribution < 1.29 is 14.3 Å². The lowest BCUT2D eigenvalue weighted by Crippen LogP contribution is -2.20. The highest BCUT2D eigenvalue weighted by Crippen LogP contribution is 2.19. The molecular weight excluding hydrogens is 349 g/mol. The fraction of sp³-hybridized carbons (Fsp3) is 0.167. The second kappa shape index (κ2) is 10.7. The molecular formula is C18H19Cl2NO3. The number of benzene rings is 2. The minimum atomic E-state index is -0.515. The van der Waals surface area contributed by atoms with Crippen molar-refractivity contribution in [2.24, 2.45) is 0 Å². The van der Waals surface area contributed by atoms with Gasteiger partial charge in [0.1, 0.15) is 12.4 Å². The van der Waals surface area contributed by atoms with Crippen LogP contribution in [0.1, 0.15) is 5.56 Å². The zero-order chi connectivity index (χ0) is 16.5. The summed E-state index contributed by atoms with van der Waals surface area (Å²) in [6.07, 6.45) is 1.65. The number of hydrogen-bond donors (Lipinski definition) is 1. The molecule has 0 spiro atoms. The summed E-state index contributed by atoms with van der Waals surface area (Å²) < 4.78 is 10.9. The van der Waals surface area contributed by atoms with Gasteiger partial charge in [0.05, 0.1) is 0 Å². The molecule has 24 heavy (non-hydrogen) atoms. The van der Waals surface area contributed by atoms with Crippen LogP contribution in [0.25, 0.3) is 6.08 Å². The smallest absolute Gasteiger partial charge is 0.374 e. The van der Waals surface area contributed by atoms with Crippen LogP contribution in [0, 0.1) is 0 Å². The highest BCUT2D eigenvalue weighted by molar-refractivity contribution is 6.30. The molecule has 2 aromatic carbocycles. The Morgan fingerprint density at radius 1 is 1.12 bits per heavy atom. The molecule has 0 aromatic heterocycles. The monoisotopic (exact) mass is 367 g/mol. The van der Waals surface area contributed by atoms with Gasteiger partial charge in [0.15, 0.2) is 0 Å². The minimum Gasteiger partial charge on any atom is -0.458 e. The van der Waals surface area contributed by atoms with E-state index in [1.807, 2.05) is 30.3 Å². The summed E-state index contributed by atoms with van der Waals surface area (Å²) in [6, 6.07) is 16.2. The fourth-order valence-electron chi connectivity index (χ4n) is 1.78. The Hall–Kier alpha value is -2.01. The molecule has 0 aliphatic carbocycles. The average Bonchev–Trinajstić information content (AvgIpc) is 2.57.